The monoisotopic (exact) mass is 253 g/mol. The molecule has 2 rings (SSSR count). The third-order valence-corrected chi connectivity index (χ3v) is 4.35. The minimum atomic E-state index is 0.663. The highest BCUT2D eigenvalue weighted by Crippen LogP contribution is 2.43. The molecule has 2 saturated carbocycles. The normalized spacial score (nSPS) is 28.8. The van der Waals surface area contributed by atoms with Crippen LogP contribution in [0, 0.1) is 17.8 Å². The molecule has 106 valence electrons. The van der Waals surface area contributed by atoms with Crippen molar-refractivity contribution in [1.29, 1.82) is 0 Å². The van der Waals surface area contributed by atoms with Crippen molar-refractivity contribution in [1.82, 2.24) is 5.32 Å². The minimum Gasteiger partial charge on any atom is -0.381 e. The van der Waals surface area contributed by atoms with Crippen LogP contribution in [0.1, 0.15) is 58.8 Å². The van der Waals surface area contributed by atoms with Crippen LogP contribution in [0.15, 0.2) is 0 Å². The number of hydrogen-bond donors (Lipinski definition) is 1. The quantitative estimate of drug-likeness (QED) is 0.667. The number of nitrogens with one attached hydrogen (secondary N) is 1. The molecule has 0 bridgehead atoms. The van der Waals surface area contributed by atoms with E-state index in [9.17, 15) is 0 Å². The van der Waals surface area contributed by atoms with Crippen molar-refractivity contribution < 1.29 is 4.74 Å². The van der Waals surface area contributed by atoms with Gasteiger partial charge in [0.2, 0.25) is 0 Å². The Bertz CT molecular complexity index is 225. The van der Waals surface area contributed by atoms with Crippen LogP contribution < -0.4 is 5.32 Å². The van der Waals surface area contributed by atoms with Crippen LogP contribution >= 0.6 is 0 Å². The summed E-state index contributed by atoms with van der Waals surface area (Å²) < 4.78 is 5.61. The van der Waals surface area contributed by atoms with Gasteiger partial charge in [0.25, 0.3) is 0 Å². The first kappa shape index (κ1) is 14.3. The molecule has 0 spiro atoms. The standard InChI is InChI=1S/C16H31NO/c1-13(2)12-18-10-4-9-17-16-6-3-5-15(11-16)14-7-8-14/h13-17H,3-12H2,1-2H3. The Balaban J connectivity index is 1.48. The van der Waals surface area contributed by atoms with Crippen molar-refractivity contribution in [3.8, 4) is 0 Å². The first-order valence-electron chi connectivity index (χ1n) is 8.07. The highest BCUT2D eigenvalue weighted by molar-refractivity contribution is 4.87. The second-order valence-corrected chi connectivity index (χ2v) is 6.74. The van der Waals surface area contributed by atoms with Crippen molar-refractivity contribution in [2.75, 3.05) is 19.8 Å². The van der Waals surface area contributed by atoms with Crippen LogP contribution in [0.4, 0.5) is 0 Å². The molecule has 0 aromatic rings. The van der Waals surface area contributed by atoms with E-state index in [2.05, 4.69) is 19.2 Å². The van der Waals surface area contributed by atoms with Crippen molar-refractivity contribution >= 4 is 0 Å². The summed E-state index contributed by atoms with van der Waals surface area (Å²) in [6.07, 6.45) is 9.98. The van der Waals surface area contributed by atoms with E-state index in [1.807, 2.05) is 0 Å². The lowest BCUT2D eigenvalue weighted by Gasteiger charge is -2.30. The topological polar surface area (TPSA) is 21.3 Å². The maximum Gasteiger partial charge on any atom is 0.0489 e. The fourth-order valence-corrected chi connectivity index (χ4v) is 3.21. The Labute approximate surface area is 113 Å². The fourth-order valence-electron chi connectivity index (χ4n) is 3.21. The van der Waals surface area contributed by atoms with Crippen molar-refractivity contribution in [2.24, 2.45) is 17.8 Å². The summed E-state index contributed by atoms with van der Waals surface area (Å²) in [5.41, 5.74) is 0. The number of rotatable bonds is 8. The molecule has 2 aliphatic rings. The molecule has 0 aromatic carbocycles. The summed E-state index contributed by atoms with van der Waals surface area (Å²) in [6, 6.07) is 0.800. The molecule has 2 heteroatoms. The van der Waals surface area contributed by atoms with Crippen molar-refractivity contribution in [3.05, 3.63) is 0 Å². The maximum atomic E-state index is 5.61. The summed E-state index contributed by atoms with van der Waals surface area (Å²) in [7, 11) is 0. The van der Waals surface area contributed by atoms with E-state index in [0.717, 1.165) is 44.1 Å². The van der Waals surface area contributed by atoms with Crippen LogP contribution in [-0.2, 0) is 4.74 Å². The van der Waals surface area contributed by atoms with Gasteiger partial charge in [-0.2, -0.15) is 0 Å². The Morgan fingerprint density at radius 3 is 2.67 bits per heavy atom. The van der Waals surface area contributed by atoms with E-state index in [1.165, 1.54) is 38.5 Å². The first-order chi connectivity index (χ1) is 8.75. The van der Waals surface area contributed by atoms with Gasteiger partial charge in [-0.1, -0.05) is 26.7 Å². The average molecular weight is 253 g/mol. The number of ether oxygens (including phenoxy) is 1. The van der Waals surface area contributed by atoms with Gasteiger partial charge in [-0.3, -0.25) is 0 Å². The van der Waals surface area contributed by atoms with Gasteiger partial charge in [0.15, 0.2) is 0 Å². The zero-order valence-corrected chi connectivity index (χ0v) is 12.3. The van der Waals surface area contributed by atoms with Crippen molar-refractivity contribution in [3.63, 3.8) is 0 Å². The van der Waals surface area contributed by atoms with Gasteiger partial charge < -0.3 is 10.1 Å². The summed E-state index contributed by atoms with van der Waals surface area (Å²) in [4.78, 5) is 0. The van der Waals surface area contributed by atoms with Gasteiger partial charge in [0.05, 0.1) is 0 Å². The Morgan fingerprint density at radius 2 is 1.94 bits per heavy atom. The molecule has 2 aliphatic carbocycles. The van der Waals surface area contributed by atoms with Gasteiger partial charge >= 0.3 is 0 Å². The molecular weight excluding hydrogens is 222 g/mol. The molecule has 0 saturated heterocycles. The molecule has 0 heterocycles. The summed E-state index contributed by atoms with van der Waals surface area (Å²) >= 11 is 0. The van der Waals surface area contributed by atoms with Crippen LogP contribution in [-0.4, -0.2) is 25.8 Å². The lowest BCUT2D eigenvalue weighted by molar-refractivity contribution is 0.106. The molecule has 18 heavy (non-hydrogen) atoms. The summed E-state index contributed by atoms with van der Waals surface area (Å²) in [5.74, 6) is 2.81. The summed E-state index contributed by atoms with van der Waals surface area (Å²) in [5, 5.41) is 3.74. The third kappa shape index (κ3) is 5.27. The fraction of sp³-hybridized carbons (Fsp3) is 1.00. The van der Waals surface area contributed by atoms with Gasteiger partial charge in [-0.15, -0.1) is 0 Å². The first-order valence-corrected chi connectivity index (χ1v) is 8.07. The Kier molecular flexibility index (Phi) is 5.97. The van der Waals surface area contributed by atoms with Gasteiger partial charge in [-0.25, -0.2) is 0 Å². The molecule has 2 nitrogen and oxygen atoms in total. The second kappa shape index (κ2) is 7.49. The molecule has 0 aromatic heterocycles. The third-order valence-electron chi connectivity index (χ3n) is 4.35. The minimum absolute atomic E-state index is 0.663. The van der Waals surface area contributed by atoms with Gasteiger partial charge in [0.1, 0.15) is 0 Å². The molecule has 0 radical (unpaired) electrons. The smallest absolute Gasteiger partial charge is 0.0489 e. The molecule has 2 fully saturated rings. The molecule has 2 unspecified atom stereocenters. The molecular formula is C16H31NO. The lowest BCUT2D eigenvalue weighted by atomic mass is 9.83. The van der Waals surface area contributed by atoms with Gasteiger partial charge in [0, 0.05) is 19.3 Å². The van der Waals surface area contributed by atoms with E-state index in [4.69, 9.17) is 4.74 Å². The molecule has 0 aliphatic heterocycles. The summed E-state index contributed by atoms with van der Waals surface area (Å²) in [6.45, 7) is 7.38. The molecule has 2 atom stereocenters. The maximum absolute atomic E-state index is 5.61. The van der Waals surface area contributed by atoms with Crippen molar-refractivity contribution in [2.45, 2.75) is 64.8 Å². The van der Waals surface area contributed by atoms with E-state index in [0.29, 0.717) is 5.92 Å². The van der Waals surface area contributed by atoms with Crippen LogP contribution in [0.25, 0.3) is 0 Å². The highest BCUT2D eigenvalue weighted by atomic mass is 16.5. The van der Waals surface area contributed by atoms with Crippen LogP contribution in [0.2, 0.25) is 0 Å². The molecule has 0 amide bonds. The Hall–Kier alpha value is -0.0800. The van der Waals surface area contributed by atoms with Gasteiger partial charge in [-0.05, 0) is 56.4 Å². The van der Waals surface area contributed by atoms with Crippen LogP contribution in [0.3, 0.4) is 0 Å². The lowest BCUT2D eigenvalue weighted by Crippen LogP contribution is -2.35. The number of hydrogen-bond acceptors (Lipinski definition) is 2. The highest BCUT2D eigenvalue weighted by Gasteiger charge is 2.34. The van der Waals surface area contributed by atoms with E-state index in [-0.39, 0.29) is 0 Å². The Morgan fingerprint density at radius 1 is 1.11 bits per heavy atom. The average Bonchev–Trinajstić information content (AvgIpc) is 3.18. The zero-order chi connectivity index (χ0) is 12.8. The predicted octanol–water partition coefficient (Wildman–Crippen LogP) is 3.61. The predicted molar refractivity (Wildman–Crippen MR) is 76.7 cm³/mol. The SMILES string of the molecule is CC(C)COCCCNC1CCCC(C2CC2)C1. The largest absolute Gasteiger partial charge is 0.381 e. The van der Waals surface area contributed by atoms with E-state index < -0.39 is 0 Å². The van der Waals surface area contributed by atoms with E-state index in [1.54, 1.807) is 0 Å². The van der Waals surface area contributed by atoms with E-state index >= 15 is 0 Å². The van der Waals surface area contributed by atoms with Crippen LogP contribution in [0.5, 0.6) is 0 Å². The molecule has 1 N–H and O–H groups in total. The second-order valence-electron chi connectivity index (χ2n) is 6.74. The zero-order valence-electron chi connectivity index (χ0n) is 12.3.